The Hall–Kier alpha value is -2.85. The van der Waals surface area contributed by atoms with Gasteiger partial charge in [0.05, 0.1) is 16.6 Å². The largest absolute Gasteiger partial charge is 0.368 e. The van der Waals surface area contributed by atoms with Gasteiger partial charge < -0.3 is 5.73 Å². The first kappa shape index (κ1) is 19.5. The number of benzene rings is 1. The Morgan fingerprint density at radius 3 is 2.76 bits per heavy atom. The molecular formula is C18H18ClN7O2S. The van der Waals surface area contributed by atoms with Crippen LogP contribution in [-0.4, -0.2) is 29.1 Å². The summed E-state index contributed by atoms with van der Waals surface area (Å²) in [7, 11) is 0. The van der Waals surface area contributed by atoms with Crippen molar-refractivity contribution >= 4 is 46.0 Å². The number of nitrogens with two attached hydrogens (primary N) is 1. The minimum atomic E-state index is -0.310. The van der Waals surface area contributed by atoms with E-state index >= 15 is 0 Å². The van der Waals surface area contributed by atoms with Crippen molar-refractivity contribution in [1.29, 1.82) is 0 Å². The molecule has 3 heterocycles. The van der Waals surface area contributed by atoms with E-state index in [1.165, 1.54) is 22.3 Å². The number of H-pyrrole nitrogens is 1. The molecule has 0 spiro atoms. The molecule has 0 fully saturated rings. The highest BCUT2D eigenvalue weighted by atomic mass is 35.5. The minimum absolute atomic E-state index is 0.111. The molecule has 0 saturated carbocycles. The van der Waals surface area contributed by atoms with Gasteiger partial charge >= 0.3 is 0 Å². The molecule has 3 N–H and O–H groups in total. The Balaban J connectivity index is 1.74. The fraction of sp³-hybridized carbons (Fsp3) is 0.278. The van der Waals surface area contributed by atoms with Crippen LogP contribution >= 0.6 is 23.4 Å². The second-order valence-electron chi connectivity index (χ2n) is 6.98. The molecule has 1 aromatic carbocycles. The number of nitrogens with zero attached hydrogens (tertiary/aromatic N) is 5. The van der Waals surface area contributed by atoms with E-state index in [2.05, 4.69) is 20.1 Å². The fourth-order valence-corrected chi connectivity index (χ4v) is 4.04. The number of hydrogen-bond donors (Lipinski definition) is 2. The van der Waals surface area contributed by atoms with E-state index in [0.29, 0.717) is 39.1 Å². The normalized spacial score (nSPS) is 11.7. The van der Waals surface area contributed by atoms with E-state index in [9.17, 15) is 9.59 Å². The van der Waals surface area contributed by atoms with Gasteiger partial charge in [0.1, 0.15) is 0 Å². The molecule has 0 saturated heterocycles. The van der Waals surface area contributed by atoms with Crippen molar-refractivity contribution in [2.45, 2.75) is 31.3 Å². The average molecular weight is 432 g/mol. The molecule has 0 atom stereocenters. The zero-order valence-electron chi connectivity index (χ0n) is 15.7. The number of nitrogens with one attached hydrogen (secondary N) is 1. The van der Waals surface area contributed by atoms with Crippen LogP contribution in [0.4, 0.5) is 5.95 Å². The summed E-state index contributed by atoms with van der Waals surface area (Å²) in [5.41, 5.74) is 6.24. The van der Waals surface area contributed by atoms with Gasteiger partial charge in [-0.25, -0.2) is 9.97 Å². The fourth-order valence-electron chi connectivity index (χ4n) is 2.97. The number of fused-ring (bicyclic) bond motifs is 2. The SMILES string of the molecule is CC(C)Cn1c(SCc2cc(=O)n3[nH]c(N)nc3n2)nc2ccc(Cl)cc2c1=O. The van der Waals surface area contributed by atoms with Gasteiger partial charge in [0.2, 0.25) is 5.95 Å². The lowest BCUT2D eigenvalue weighted by Gasteiger charge is -2.15. The quantitative estimate of drug-likeness (QED) is 0.367. The summed E-state index contributed by atoms with van der Waals surface area (Å²) in [6.45, 7) is 4.57. The summed E-state index contributed by atoms with van der Waals surface area (Å²) >= 11 is 7.39. The van der Waals surface area contributed by atoms with Crippen LogP contribution in [0.5, 0.6) is 0 Å². The summed E-state index contributed by atoms with van der Waals surface area (Å²) in [4.78, 5) is 38.2. The number of aromatic amines is 1. The monoisotopic (exact) mass is 431 g/mol. The van der Waals surface area contributed by atoms with Crippen LogP contribution < -0.4 is 16.9 Å². The molecular weight excluding hydrogens is 414 g/mol. The Morgan fingerprint density at radius 2 is 2.00 bits per heavy atom. The molecule has 0 amide bonds. The second kappa shape index (κ2) is 7.53. The first-order valence-corrected chi connectivity index (χ1v) is 10.3. The summed E-state index contributed by atoms with van der Waals surface area (Å²) in [6, 6.07) is 6.47. The van der Waals surface area contributed by atoms with Crippen molar-refractivity contribution in [3.05, 3.63) is 55.7 Å². The van der Waals surface area contributed by atoms with E-state index < -0.39 is 0 Å². The van der Waals surface area contributed by atoms with Crippen LogP contribution in [0.1, 0.15) is 19.5 Å². The Kier molecular flexibility index (Phi) is 5.05. The molecule has 11 heteroatoms. The molecule has 0 aliphatic rings. The van der Waals surface area contributed by atoms with Gasteiger partial charge in [0.15, 0.2) is 5.16 Å². The minimum Gasteiger partial charge on any atom is -0.368 e. The van der Waals surface area contributed by atoms with Gasteiger partial charge in [-0.05, 0) is 24.1 Å². The molecule has 0 bridgehead atoms. The summed E-state index contributed by atoms with van der Waals surface area (Å²) < 4.78 is 2.82. The molecule has 9 nitrogen and oxygen atoms in total. The number of rotatable bonds is 5. The Morgan fingerprint density at radius 1 is 1.21 bits per heavy atom. The maximum absolute atomic E-state index is 13.0. The van der Waals surface area contributed by atoms with Gasteiger partial charge in [-0.15, -0.1) is 0 Å². The van der Waals surface area contributed by atoms with E-state index in [-0.39, 0.29) is 28.8 Å². The predicted molar refractivity (Wildman–Crippen MR) is 113 cm³/mol. The summed E-state index contributed by atoms with van der Waals surface area (Å²) in [5.74, 6) is 0.908. The van der Waals surface area contributed by atoms with Crippen LogP contribution in [0.15, 0.2) is 39.0 Å². The van der Waals surface area contributed by atoms with Crippen LogP contribution in [-0.2, 0) is 12.3 Å². The van der Waals surface area contributed by atoms with Gasteiger partial charge in [0, 0.05) is 23.4 Å². The third kappa shape index (κ3) is 3.85. The maximum Gasteiger partial charge on any atom is 0.274 e. The molecule has 3 aromatic heterocycles. The predicted octanol–water partition coefficient (Wildman–Crippen LogP) is 2.31. The number of halogens is 1. The van der Waals surface area contributed by atoms with Gasteiger partial charge in [-0.3, -0.25) is 19.3 Å². The summed E-state index contributed by atoms with van der Waals surface area (Å²) in [6.07, 6.45) is 0. The van der Waals surface area contributed by atoms with Crippen molar-refractivity contribution in [3.8, 4) is 0 Å². The van der Waals surface area contributed by atoms with Crippen molar-refractivity contribution in [3.63, 3.8) is 0 Å². The highest BCUT2D eigenvalue weighted by Crippen LogP contribution is 2.23. The van der Waals surface area contributed by atoms with Gasteiger partial charge in [-0.2, -0.15) is 9.50 Å². The smallest absolute Gasteiger partial charge is 0.274 e. The maximum atomic E-state index is 13.0. The number of hydrogen-bond acceptors (Lipinski definition) is 7. The first-order valence-electron chi connectivity index (χ1n) is 8.89. The lowest BCUT2D eigenvalue weighted by atomic mass is 10.2. The van der Waals surface area contributed by atoms with Gasteiger partial charge in [0.25, 0.3) is 16.9 Å². The lowest BCUT2D eigenvalue weighted by Crippen LogP contribution is -2.25. The molecule has 150 valence electrons. The molecule has 0 aliphatic heterocycles. The standard InChI is InChI=1S/C18H18ClN7O2S/c1-9(2)7-25-15(28)12-5-10(19)3-4-13(12)22-18(25)29-8-11-6-14(27)26-17(21-11)23-16(20)24-26/h3-6,9H,7-8H2,1-2H3,(H3,20,21,23,24). The lowest BCUT2D eigenvalue weighted by molar-refractivity contribution is 0.475. The highest BCUT2D eigenvalue weighted by molar-refractivity contribution is 7.98. The molecule has 0 unspecified atom stereocenters. The molecule has 0 radical (unpaired) electrons. The molecule has 4 aromatic rings. The van der Waals surface area contributed by atoms with Crippen molar-refractivity contribution in [1.82, 2.24) is 29.1 Å². The Labute approximate surface area is 173 Å². The van der Waals surface area contributed by atoms with Crippen LogP contribution in [0.25, 0.3) is 16.7 Å². The van der Waals surface area contributed by atoms with Crippen molar-refractivity contribution in [2.24, 2.45) is 5.92 Å². The van der Waals surface area contributed by atoms with Crippen LogP contribution in [0.3, 0.4) is 0 Å². The zero-order valence-corrected chi connectivity index (χ0v) is 17.3. The average Bonchev–Trinajstić information content (AvgIpc) is 3.04. The third-order valence-electron chi connectivity index (χ3n) is 4.18. The Bertz CT molecular complexity index is 1340. The number of aromatic nitrogens is 6. The van der Waals surface area contributed by atoms with E-state index in [1.807, 2.05) is 13.8 Å². The number of anilines is 1. The van der Waals surface area contributed by atoms with E-state index in [1.54, 1.807) is 22.8 Å². The molecule has 0 aliphatic carbocycles. The van der Waals surface area contributed by atoms with Crippen LogP contribution in [0.2, 0.25) is 5.02 Å². The molecule has 4 rings (SSSR count). The van der Waals surface area contributed by atoms with Crippen molar-refractivity contribution in [2.75, 3.05) is 5.73 Å². The molecule has 29 heavy (non-hydrogen) atoms. The summed E-state index contributed by atoms with van der Waals surface area (Å²) in [5, 5.41) is 4.15. The van der Waals surface area contributed by atoms with E-state index in [4.69, 9.17) is 17.3 Å². The highest BCUT2D eigenvalue weighted by Gasteiger charge is 2.15. The topological polar surface area (TPSA) is 124 Å². The van der Waals surface area contributed by atoms with Crippen molar-refractivity contribution < 1.29 is 0 Å². The zero-order chi connectivity index (χ0) is 20.7. The third-order valence-corrected chi connectivity index (χ3v) is 5.42. The van der Waals surface area contributed by atoms with Gasteiger partial charge in [-0.1, -0.05) is 37.2 Å². The first-order chi connectivity index (χ1) is 13.8. The van der Waals surface area contributed by atoms with Crippen LogP contribution in [0, 0.1) is 5.92 Å². The second-order valence-corrected chi connectivity index (χ2v) is 8.36. The number of thioether (sulfide) groups is 1. The number of nitrogen functional groups attached to an aromatic ring is 1. The van der Waals surface area contributed by atoms with E-state index in [0.717, 1.165) is 0 Å².